The average Bonchev–Trinajstić information content (AvgIpc) is 2.98. The number of H-pyrrole nitrogens is 2. The van der Waals surface area contributed by atoms with Crippen LogP contribution in [0.25, 0.3) is 0 Å². The predicted octanol–water partition coefficient (Wildman–Crippen LogP) is 1.86. The van der Waals surface area contributed by atoms with E-state index in [1.54, 1.807) is 0 Å². The van der Waals surface area contributed by atoms with Crippen molar-refractivity contribution in [1.82, 2.24) is 25.4 Å². The lowest BCUT2D eigenvalue weighted by molar-refractivity contribution is 0.101. The van der Waals surface area contributed by atoms with Gasteiger partial charge in [-0.2, -0.15) is 5.10 Å². The number of carbonyl (C=O) groups excluding carboxylic acids is 1. The van der Waals surface area contributed by atoms with Crippen molar-refractivity contribution in [3.05, 3.63) is 23.4 Å². The minimum absolute atomic E-state index is 0.128. The van der Waals surface area contributed by atoms with E-state index in [-0.39, 0.29) is 17.6 Å². The van der Waals surface area contributed by atoms with Crippen LogP contribution in [0.4, 0.5) is 5.82 Å². The van der Waals surface area contributed by atoms with E-state index >= 15 is 0 Å². The summed E-state index contributed by atoms with van der Waals surface area (Å²) in [5.74, 6) is 1.15. The molecule has 19 heavy (non-hydrogen) atoms. The highest BCUT2D eigenvalue weighted by molar-refractivity contribution is 6.00. The van der Waals surface area contributed by atoms with Gasteiger partial charge in [-0.3, -0.25) is 15.0 Å². The molecular formula is C12H18N6O. The minimum Gasteiger partial charge on any atom is -0.302 e. The first kappa shape index (κ1) is 13.3. The van der Waals surface area contributed by atoms with Gasteiger partial charge in [0.2, 0.25) is 5.82 Å². The maximum Gasteiger partial charge on any atom is 0.296 e. The topological polar surface area (TPSA) is 99.3 Å². The van der Waals surface area contributed by atoms with E-state index in [9.17, 15) is 4.79 Å². The van der Waals surface area contributed by atoms with E-state index in [1.807, 2.05) is 19.9 Å². The number of nitrogens with one attached hydrogen (secondary N) is 3. The molecule has 0 aliphatic heterocycles. The fraction of sp³-hybridized carbons (Fsp3) is 0.500. The van der Waals surface area contributed by atoms with Crippen molar-refractivity contribution in [3.8, 4) is 0 Å². The van der Waals surface area contributed by atoms with Gasteiger partial charge >= 0.3 is 0 Å². The highest BCUT2D eigenvalue weighted by Crippen LogP contribution is 2.10. The summed E-state index contributed by atoms with van der Waals surface area (Å²) in [5.41, 5.74) is 0.996. The Kier molecular flexibility index (Phi) is 3.94. The van der Waals surface area contributed by atoms with E-state index in [4.69, 9.17) is 0 Å². The maximum absolute atomic E-state index is 11.9. The summed E-state index contributed by atoms with van der Waals surface area (Å²) in [6, 6.07) is 1.82. The molecule has 0 fully saturated rings. The second-order valence-electron chi connectivity index (χ2n) is 4.68. The SMILES string of the molecule is CCCc1cc(NC(=O)c2n[nH]c(C(C)C)n2)n[nH]1. The number of hydrogen-bond donors (Lipinski definition) is 3. The summed E-state index contributed by atoms with van der Waals surface area (Å²) < 4.78 is 0. The zero-order valence-corrected chi connectivity index (χ0v) is 11.3. The van der Waals surface area contributed by atoms with Crippen LogP contribution in [0.5, 0.6) is 0 Å². The van der Waals surface area contributed by atoms with E-state index in [1.165, 1.54) is 0 Å². The normalized spacial score (nSPS) is 10.9. The Hall–Kier alpha value is -2.18. The molecular weight excluding hydrogens is 244 g/mol. The maximum atomic E-state index is 11.9. The first-order valence-electron chi connectivity index (χ1n) is 6.38. The quantitative estimate of drug-likeness (QED) is 0.765. The van der Waals surface area contributed by atoms with Gasteiger partial charge in [0.15, 0.2) is 5.82 Å². The van der Waals surface area contributed by atoms with Crippen molar-refractivity contribution in [2.75, 3.05) is 5.32 Å². The Bertz CT molecular complexity index is 556. The van der Waals surface area contributed by atoms with Crippen LogP contribution in [0.3, 0.4) is 0 Å². The smallest absolute Gasteiger partial charge is 0.296 e. The van der Waals surface area contributed by atoms with Crippen molar-refractivity contribution >= 4 is 11.7 Å². The standard InChI is InChI=1S/C12H18N6O/c1-4-5-8-6-9(16-15-8)13-12(19)11-14-10(7(2)3)17-18-11/h6-7H,4-5H2,1-3H3,(H,14,17,18)(H2,13,15,16,19). The number of anilines is 1. The third-order valence-electron chi connectivity index (χ3n) is 2.64. The molecule has 7 heteroatoms. The fourth-order valence-corrected chi connectivity index (χ4v) is 1.63. The van der Waals surface area contributed by atoms with Crippen LogP contribution in [0.1, 0.15) is 55.2 Å². The first-order chi connectivity index (χ1) is 9.10. The Labute approximate surface area is 111 Å². The number of hydrogen-bond acceptors (Lipinski definition) is 4. The molecule has 0 bridgehead atoms. The molecule has 102 valence electrons. The van der Waals surface area contributed by atoms with Crippen molar-refractivity contribution < 1.29 is 4.79 Å². The summed E-state index contributed by atoms with van der Waals surface area (Å²) in [4.78, 5) is 16.0. The van der Waals surface area contributed by atoms with Gasteiger partial charge in [0.05, 0.1) is 0 Å². The van der Waals surface area contributed by atoms with E-state index < -0.39 is 0 Å². The van der Waals surface area contributed by atoms with Crippen molar-refractivity contribution in [1.29, 1.82) is 0 Å². The summed E-state index contributed by atoms with van der Waals surface area (Å²) in [5, 5.41) is 16.2. The molecule has 0 aliphatic rings. The van der Waals surface area contributed by atoms with Crippen LogP contribution in [0.15, 0.2) is 6.07 Å². The van der Waals surface area contributed by atoms with Crippen LogP contribution in [0, 0.1) is 0 Å². The van der Waals surface area contributed by atoms with Gasteiger partial charge in [0.1, 0.15) is 5.82 Å². The van der Waals surface area contributed by atoms with Crippen LogP contribution in [-0.4, -0.2) is 31.3 Å². The Morgan fingerprint density at radius 3 is 2.79 bits per heavy atom. The van der Waals surface area contributed by atoms with Gasteiger partial charge in [0, 0.05) is 17.7 Å². The number of carbonyl (C=O) groups is 1. The second kappa shape index (κ2) is 5.64. The molecule has 0 atom stereocenters. The third kappa shape index (κ3) is 3.18. The Balaban J connectivity index is 2.02. The highest BCUT2D eigenvalue weighted by Gasteiger charge is 2.15. The Morgan fingerprint density at radius 1 is 1.37 bits per heavy atom. The van der Waals surface area contributed by atoms with Crippen molar-refractivity contribution in [2.45, 2.75) is 39.5 Å². The highest BCUT2D eigenvalue weighted by atomic mass is 16.2. The number of aromatic amines is 2. The van der Waals surface area contributed by atoms with E-state index in [0.717, 1.165) is 18.5 Å². The summed E-state index contributed by atoms with van der Waals surface area (Å²) >= 11 is 0. The zero-order chi connectivity index (χ0) is 13.8. The Morgan fingerprint density at radius 2 is 2.16 bits per heavy atom. The molecule has 0 aromatic carbocycles. The zero-order valence-electron chi connectivity index (χ0n) is 11.3. The molecule has 2 rings (SSSR count). The molecule has 0 unspecified atom stereocenters. The van der Waals surface area contributed by atoms with Crippen LogP contribution in [0.2, 0.25) is 0 Å². The number of nitrogens with zero attached hydrogens (tertiary/aromatic N) is 3. The minimum atomic E-state index is -0.363. The van der Waals surface area contributed by atoms with Gasteiger partial charge in [-0.25, -0.2) is 4.98 Å². The lowest BCUT2D eigenvalue weighted by Gasteiger charge is -1.97. The largest absolute Gasteiger partial charge is 0.302 e. The summed E-state index contributed by atoms with van der Waals surface area (Å²) in [6.07, 6.45) is 1.93. The molecule has 0 aliphatic carbocycles. The van der Waals surface area contributed by atoms with E-state index in [0.29, 0.717) is 11.6 Å². The van der Waals surface area contributed by atoms with Gasteiger partial charge < -0.3 is 5.32 Å². The molecule has 2 aromatic rings. The van der Waals surface area contributed by atoms with Crippen LogP contribution in [-0.2, 0) is 6.42 Å². The molecule has 0 radical (unpaired) electrons. The average molecular weight is 262 g/mol. The summed E-state index contributed by atoms with van der Waals surface area (Å²) in [7, 11) is 0. The molecule has 0 saturated heterocycles. The van der Waals surface area contributed by atoms with Crippen LogP contribution >= 0.6 is 0 Å². The lowest BCUT2D eigenvalue weighted by atomic mass is 10.2. The van der Waals surface area contributed by atoms with Gasteiger partial charge in [-0.15, -0.1) is 5.10 Å². The number of aryl methyl sites for hydroxylation is 1. The molecule has 0 spiro atoms. The van der Waals surface area contributed by atoms with Crippen molar-refractivity contribution in [2.24, 2.45) is 0 Å². The number of rotatable bonds is 5. The fourth-order valence-electron chi connectivity index (χ4n) is 1.63. The monoisotopic (exact) mass is 262 g/mol. The predicted molar refractivity (Wildman–Crippen MR) is 71.0 cm³/mol. The number of amides is 1. The molecule has 2 aromatic heterocycles. The lowest BCUT2D eigenvalue weighted by Crippen LogP contribution is -2.14. The van der Waals surface area contributed by atoms with Gasteiger partial charge in [-0.05, 0) is 6.42 Å². The molecule has 7 nitrogen and oxygen atoms in total. The molecule has 0 saturated carbocycles. The van der Waals surface area contributed by atoms with Crippen LogP contribution < -0.4 is 5.32 Å². The van der Waals surface area contributed by atoms with Crippen molar-refractivity contribution in [3.63, 3.8) is 0 Å². The van der Waals surface area contributed by atoms with E-state index in [2.05, 4.69) is 37.6 Å². The summed E-state index contributed by atoms with van der Waals surface area (Å²) in [6.45, 7) is 6.04. The van der Waals surface area contributed by atoms with Gasteiger partial charge in [-0.1, -0.05) is 27.2 Å². The third-order valence-corrected chi connectivity index (χ3v) is 2.64. The molecule has 3 N–H and O–H groups in total. The van der Waals surface area contributed by atoms with Gasteiger partial charge in [0.25, 0.3) is 5.91 Å². The second-order valence-corrected chi connectivity index (χ2v) is 4.68. The number of aromatic nitrogens is 5. The first-order valence-corrected chi connectivity index (χ1v) is 6.38. The molecule has 2 heterocycles. The molecule has 1 amide bonds.